The zero-order valence-corrected chi connectivity index (χ0v) is 22.0. The molecular formula is C27H37N3O3S. The molecule has 0 aliphatic heterocycles. The van der Waals surface area contributed by atoms with Gasteiger partial charge in [0.05, 0.1) is 36.3 Å². The maximum absolute atomic E-state index is 13.6. The molecular weight excluding hydrogens is 446 g/mol. The van der Waals surface area contributed by atoms with Gasteiger partial charge >= 0.3 is 11.7 Å². The summed E-state index contributed by atoms with van der Waals surface area (Å²) < 4.78 is 8.48. The number of benzene rings is 2. The summed E-state index contributed by atoms with van der Waals surface area (Å²) in [6, 6.07) is 11.2. The van der Waals surface area contributed by atoms with Gasteiger partial charge in [-0.1, -0.05) is 45.4 Å². The number of aromatic nitrogens is 2. The van der Waals surface area contributed by atoms with E-state index >= 15 is 0 Å². The first-order valence-corrected chi connectivity index (χ1v) is 12.5. The number of rotatable bonds is 9. The Hall–Kier alpha value is -2.80. The van der Waals surface area contributed by atoms with Crippen molar-refractivity contribution in [2.45, 2.75) is 78.3 Å². The standard InChI is InChI=1S/C25H31N3O3S.C2H6/c1-5-9-18(14-23(29)31-6-2)28-21-11-8-7-10-20(21)27(25(28)30)15-19(26)24-17(4)12-16(3)13-22(24)32;1-2/h7-8,10-13,18,26,32H,5-6,9,14-15H2,1-4H3;1-2H3. The number of imidazole rings is 1. The Morgan fingerprint density at radius 1 is 1.12 bits per heavy atom. The number of para-hydroxylation sites is 2. The molecule has 0 amide bonds. The molecule has 0 fully saturated rings. The van der Waals surface area contributed by atoms with Gasteiger partial charge in [-0.05, 0) is 56.5 Å². The molecule has 1 heterocycles. The summed E-state index contributed by atoms with van der Waals surface area (Å²) in [5.74, 6) is -0.308. The van der Waals surface area contributed by atoms with Gasteiger partial charge in [0.25, 0.3) is 0 Å². The number of hydrogen-bond donors (Lipinski definition) is 2. The highest BCUT2D eigenvalue weighted by atomic mass is 32.1. The van der Waals surface area contributed by atoms with Crippen molar-refractivity contribution in [3.8, 4) is 0 Å². The van der Waals surface area contributed by atoms with Crippen molar-refractivity contribution < 1.29 is 9.53 Å². The van der Waals surface area contributed by atoms with Crippen LogP contribution in [0, 0.1) is 19.3 Å². The predicted molar refractivity (Wildman–Crippen MR) is 143 cm³/mol. The van der Waals surface area contributed by atoms with E-state index in [0.717, 1.165) is 39.0 Å². The second-order valence-electron chi connectivity index (χ2n) is 8.13. The fourth-order valence-electron chi connectivity index (χ4n) is 4.38. The van der Waals surface area contributed by atoms with Crippen molar-refractivity contribution >= 4 is 35.3 Å². The summed E-state index contributed by atoms with van der Waals surface area (Å²) >= 11 is 4.58. The van der Waals surface area contributed by atoms with E-state index in [1.165, 1.54) is 0 Å². The third-order valence-corrected chi connectivity index (χ3v) is 5.99. The lowest BCUT2D eigenvalue weighted by atomic mass is 10.0. The van der Waals surface area contributed by atoms with Crippen molar-refractivity contribution in [1.82, 2.24) is 9.13 Å². The number of nitrogens with zero attached hydrogens (tertiary/aromatic N) is 2. The minimum absolute atomic E-state index is 0.127. The maximum atomic E-state index is 13.6. The summed E-state index contributed by atoms with van der Waals surface area (Å²) in [7, 11) is 0. The van der Waals surface area contributed by atoms with Crippen molar-refractivity contribution in [3.05, 3.63) is 63.6 Å². The van der Waals surface area contributed by atoms with E-state index in [4.69, 9.17) is 10.1 Å². The van der Waals surface area contributed by atoms with E-state index in [0.29, 0.717) is 18.7 Å². The van der Waals surface area contributed by atoms with Gasteiger partial charge < -0.3 is 10.1 Å². The number of esters is 1. The molecule has 1 aromatic heterocycles. The maximum Gasteiger partial charge on any atom is 0.329 e. The third-order valence-electron chi connectivity index (χ3n) is 5.64. The fourth-order valence-corrected chi connectivity index (χ4v) is 4.90. The van der Waals surface area contributed by atoms with Gasteiger partial charge in [0, 0.05) is 16.5 Å². The molecule has 184 valence electrons. The van der Waals surface area contributed by atoms with Crippen molar-refractivity contribution in [2.75, 3.05) is 6.61 Å². The molecule has 0 spiro atoms. The quantitative estimate of drug-likeness (QED) is 0.219. The van der Waals surface area contributed by atoms with Crippen molar-refractivity contribution in [2.24, 2.45) is 0 Å². The second kappa shape index (κ2) is 12.6. The van der Waals surface area contributed by atoms with E-state index in [9.17, 15) is 9.59 Å². The van der Waals surface area contributed by atoms with Gasteiger partial charge in [-0.2, -0.15) is 0 Å². The molecule has 0 saturated carbocycles. The Labute approximate surface area is 207 Å². The lowest BCUT2D eigenvalue weighted by molar-refractivity contribution is -0.144. The molecule has 1 unspecified atom stereocenters. The summed E-state index contributed by atoms with van der Waals surface area (Å²) in [5, 5.41) is 8.76. The highest BCUT2D eigenvalue weighted by Crippen LogP contribution is 2.25. The van der Waals surface area contributed by atoms with Crippen LogP contribution >= 0.6 is 12.6 Å². The Bertz CT molecular complexity index is 1190. The van der Waals surface area contributed by atoms with Gasteiger partial charge in [-0.25, -0.2) is 4.79 Å². The molecule has 0 aliphatic carbocycles. The average Bonchev–Trinajstić information content (AvgIpc) is 3.05. The minimum Gasteiger partial charge on any atom is -0.466 e. The largest absolute Gasteiger partial charge is 0.466 e. The van der Waals surface area contributed by atoms with E-state index in [1.54, 1.807) is 16.1 Å². The van der Waals surface area contributed by atoms with Gasteiger partial charge in [0.2, 0.25) is 0 Å². The molecule has 1 N–H and O–H groups in total. The number of carbonyl (C=O) groups excluding carboxylic acids is 1. The van der Waals surface area contributed by atoms with Crippen molar-refractivity contribution in [1.29, 1.82) is 5.41 Å². The summed E-state index contributed by atoms with van der Waals surface area (Å²) in [6.07, 6.45) is 1.66. The van der Waals surface area contributed by atoms with Gasteiger partial charge in [-0.15, -0.1) is 12.6 Å². The Kier molecular flexibility index (Phi) is 10.2. The molecule has 1 atom stereocenters. The summed E-state index contributed by atoms with van der Waals surface area (Å²) in [4.78, 5) is 26.6. The molecule has 3 rings (SSSR count). The van der Waals surface area contributed by atoms with E-state index in [1.807, 2.05) is 71.0 Å². The second-order valence-corrected chi connectivity index (χ2v) is 8.62. The first-order chi connectivity index (χ1) is 16.3. The number of carbonyl (C=O) groups is 1. The molecule has 2 aromatic carbocycles. The first-order valence-electron chi connectivity index (χ1n) is 12.0. The number of fused-ring (bicyclic) bond motifs is 1. The normalized spacial score (nSPS) is 11.6. The van der Waals surface area contributed by atoms with Crippen LogP contribution in [0.25, 0.3) is 11.0 Å². The van der Waals surface area contributed by atoms with Gasteiger partial charge in [0.15, 0.2) is 0 Å². The van der Waals surface area contributed by atoms with E-state index in [2.05, 4.69) is 12.6 Å². The van der Waals surface area contributed by atoms with Crippen LogP contribution in [0.2, 0.25) is 0 Å². The topological polar surface area (TPSA) is 77.1 Å². The zero-order chi connectivity index (χ0) is 25.4. The molecule has 0 bridgehead atoms. The Morgan fingerprint density at radius 2 is 1.76 bits per heavy atom. The minimum atomic E-state index is -0.308. The van der Waals surface area contributed by atoms with Crippen LogP contribution in [0.3, 0.4) is 0 Å². The zero-order valence-electron chi connectivity index (χ0n) is 21.1. The smallest absolute Gasteiger partial charge is 0.329 e. The predicted octanol–water partition coefficient (Wildman–Crippen LogP) is 6.10. The molecule has 0 aliphatic rings. The summed E-state index contributed by atoms with van der Waals surface area (Å²) in [6.45, 7) is 12.2. The van der Waals surface area contributed by atoms with Crippen LogP contribution in [0.15, 0.2) is 46.1 Å². The molecule has 3 aromatic rings. The van der Waals surface area contributed by atoms with Crippen LogP contribution in [-0.2, 0) is 16.1 Å². The number of thiol groups is 1. The lowest BCUT2D eigenvalue weighted by Crippen LogP contribution is -2.31. The third kappa shape index (κ3) is 6.00. The molecule has 7 heteroatoms. The first kappa shape index (κ1) is 27.4. The average molecular weight is 484 g/mol. The van der Waals surface area contributed by atoms with Crippen molar-refractivity contribution in [3.63, 3.8) is 0 Å². The van der Waals surface area contributed by atoms with Crippen LogP contribution < -0.4 is 5.69 Å². The van der Waals surface area contributed by atoms with Crippen LogP contribution in [0.5, 0.6) is 0 Å². The van der Waals surface area contributed by atoms with Crippen LogP contribution in [-0.4, -0.2) is 27.4 Å². The van der Waals surface area contributed by atoms with Crippen LogP contribution in [0.1, 0.15) is 69.7 Å². The fraction of sp³-hybridized carbons (Fsp3) is 0.444. The molecule has 0 saturated heterocycles. The monoisotopic (exact) mass is 483 g/mol. The number of hydrogen-bond acceptors (Lipinski definition) is 5. The highest BCUT2D eigenvalue weighted by molar-refractivity contribution is 7.80. The number of ether oxygens (including phenoxy) is 1. The molecule has 34 heavy (non-hydrogen) atoms. The number of aryl methyl sites for hydroxylation is 2. The Balaban J connectivity index is 0.00000199. The summed E-state index contributed by atoms with van der Waals surface area (Å²) in [5.41, 5.74) is 4.41. The molecule has 0 radical (unpaired) electrons. The van der Waals surface area contributed by atoms with Gasteiger partial charge in [0.1, 0.15) is 0 Å². The van der Waals surface area contributed by atoms with E-state index < -0.39 is 0 Å². The SMILES string of the molecule is CC.CCCC(CC(=O)OCC)n1c(=O)n(CC(=N)c2c(C)cc(C)cc2S)c2ccccc21. The molecule has 6 nitrogen and oxygen atoms in total. The van der Waals surface area contributed by atoms with Crippen LogP contribution in [0.4, 0.5) is 0 Å². The van der Waals surface area contributed by atoms with E-state index in [-0.39, 0.29) is 30.7 Å². The lowest BCUT2D eigenvalue weighted by Gasteiger charge is -2.17. The highest BCUT2D eigenvalue weighted by Gasteiger charge is 2.24. The number of nitrogens with one attached hydrogen (secondary N) is 1. The Morgan fingerprint density at radius 3 is 2.35 bits per heavy atom. The van der Waals surface area contributed by atoms with Gasteiger partial charge in [-0.3, -0.25) is 13.9 Å².